The maximum Gasteiger partial charge on any atom is 0.115 e. The summed E-state index contributed by atoms with van der Waals surface area (Å²) in [6, 6.07) is 6.76. The Morgan fingerprint density at radius 3 is 2.86 bits per heavy atom. The van der Waals surface area contributed by atoms with Crippen LogP contribution in [-0.2, 0) is 0 Å². The van der Waals surface area contributed by atoms with Gasteiger partial charge >= 0.3 is 0 Å². The molecule has 0 atom stereocenters. The number of hydrogen-bond donors (Lipinski definition) is 1. The first-order valence-electron chi connectivity index (χ1n) is 3.76. The fourth-order valence-electron chi connectivity index (χ4n) is 0.876. The maximum absolute atomic E-state index is 8.76. The molecule has 0 aliphatic rings. The van der Waals surface area contributed by atoms with Gasteiger partial charge in [-0.15, -0.1) is 11.6 Å². The molecule has 5 heteroatoms. The Morgan fingerprint density at radius 1 is 1.57 bits per heavy atom. The van der Waals surface area contributed by atoms with E-state index in [4.69, 9.17) is 34.2 Å². The van der Waals surface area contributed by atoms with E-state index in [0.717, 1.165) is 0 Å². The van der Waals surface area contributed by atoms with E-state index >= 15 is 0 Å². The molecular formula is C9H7Cl2N3. The van der Waals surface area contributed by atoms with Gasteiger partial charge in [0.05, 0.1) is 17.1 Å². The highest BCUT2D eigenvalue weighted by Crippen LogP contribution is 2.23. The Labute approximate surface area is 91.8 Å². The summed E-state index contributed by atoms with van der Waals surface area (Å²) >= 11 is 11.2. The van der Waals surface area contributed by atoms with Crippen LogP contribution in [0, 0.1) is 11.3 Å². The van der Waals surface area contributed by atoms with Gasteiger partial charge in [-0.25, -0.2) is 4.99 Å². The first kappa shape index (κ1) is 10.8. The molecule has 0 heterocycles. The van der Waals surface area contributed by atoms with Gasteiger partial charge in [-0.2, -0.15) is 5.26 Å². The zero-order valence-corrected chi connectivity index (χ0v) is 8.68. The third kappa shape index (κ3) is 2.63. The summed E-state index contributed by atoms with van der Waals surface area (Å²) in [6.45, 7) is 0. The predicted molar refractivity (Wildman–Crippen MR) is 58.2 cm³/mol. The smallest absolute Gasteiger partial charge is 0.115 e. The van der Waals surface area contributed by atoms with Gasteiger partial charge in [0, 0.05) is 5.02 Å². The third-order valence-electron chi connectivity index (χ3n) is 1.48. The van der Waals surface area contributed by atoms with Gasteiger partial charge in [-0.3, -0.25) is 0 Å². The number of hydrogen-bond acceptors (Lipinski definition) is 2. The van der Waals surface area contributed by atoms with E-state index in [1.165, 1.54) is 0 Å². The average Bonchev–Trinajstić information content (AvgIpc) is 2.18. The van der Waals surface area contributed by atoms with Crippen LogP contribution in [0.4, 0.5) is 5.69 Å². The molecule has 0 amide bonds. The van der Waals surface area contributed by atoms with Crippen molar-refractivity contribution in [2.45, 2.75) is 0 Å². The molecule has 72 valence electrons. The molecule has 2 N–H and O–H groups in total. The number of benzene rings is 1. The van der Waals surface area contributed by atoms with Crippen LogP contribution in [0.25, 0.3) is 0 Å². The van der Waals surface area contributed by atoms with Gasteiger partial charge < -0.3 is 5.73 Å². The van der Waals surface area contributed by atoms with Crippen molar-refractivity contribution >= 4 is 34.7 Å². The highest BCUT2D eigenvalue weighted by atomic mass is 35.5. The first-order chi connectivity index (χ1) is 6.67. The van der Waals surface area contributed by atoms with Crippen LogP contribution in [-0.4, -0.2) is 11.7 Å². The Morgan fingerprint density at radius 2 is 2.29 bits per heavy atom. The van der Waals surface area contributed by atoms with Crippen LogP contribution in [0.2, 0.25) is 5.02 Å². The molecule has 0 bridgehead atoms. The molecule has 0 spiro atoms. The molecule has 0 aliphatic carbocycles. The SMILES string of the molecule is N#Cc1ccc(Cl)cc1N=C(N)CCl. The van der Waals surface area contributed by atoms with Gasteiger partial charge in [0.2, 0.25) is 0 Å². The van der Waals surface area contributed by atoms with Crippen LogP contribution in [0.15, 0.2) is 23.2 Å². The van der Waals surface area contributed by atoms with Gasteiger partial charge in [-0.05, 0) is 18.2 Å². The second-order valence-electron chi connectivity index (χ2n) is 2.51. The average molecular weight is 228 g/mol. The van der Waals surface area contributed by atoms with Crippen LogP contribution in [0.5, 0.6) is 0 Å². The van der Waals surface area contributed by atoms with E-state index < -0.39 is 0 Å². The molecule has 0 unspecified atom stereocenters. The topological polar surface area (TPSA) is 62.2 Å². The zero-order valence-electron chi connectivity index (χ0n) is 7.17. The predicted octanol–water partition coefficient (Wildman–Crippen LogP) is 2.44. The van der Waals surface area contributed by atoms with Crippen LogP contribution >= 0.6 is 23.2 Å². The minimum Gasteiger partial charge on any atom is -0.386 e. The van der Waals surface area contributed by atoms with Gasteiger partial charge in [-0.1, -0.05) is 11.6 Å². The summed E-state index contributed by atoms with van der Waals surface area (Å²) in [5.41, 5.74) is 6.31. The highest BCUT2D eigenvalue weighted by molar-refractivity contribution is 6.31. The Kier molecular flexibility index (Phi) is 3.75. The van der Waals surface area contributed by atoms with Crippen molar-refractivity contribution in [2.24, 2.45) is 10.7 Å². The highest BCUT2D eigenvalue weighted by Gasteiger charge is 2.01. The summed E-state index contributed by atoms with van der Waals surface area (Å²) < 4.78 is 0. The molecule has 1 rings (SSSR count). The Bertz CT molecular complexity index is 407. The van der Waals surface area contributed by atoms with Gasteiger partial charge in [0.25, 0.3) is 0 Å². The molecule has 3 nitrogen and oxygen atoms in total. The lowest BCUT2D eigenvalue weighted by atomic mass is 10.2. The lowest BCUT2D eigenvalue weighted by Crippen LogP contribution is -2.12. The number of rotatable bonds is 2. The molecule has 0 saturated heterocycles. The first-order valence-corrected chi connectivity index (χ1v) is 4.67. The van der Waals surface area contributed by atoms with Crippen molar-refractivity contribution in [3.63, 3.8) is 0 Å². The van der Waals surface area contributed by atoms with E-state index in [-0.39, 0.29) is 11.7 Å². The van der Waals surface area contributed by atoms with Crippen molar-refractivity contribution in [2.75, 3.05) is 5.88 Å². The zero-order chi connectivity index (χ0) is 10.6. The molecule has 0 aliphatic heterocycles. The van der Waals surface area contributed by atoms with Crippen molar-refractivity contribution in [1.29, 1.82) is 5.26 Å². The Hall–Kier alpha value is -1.24. The molecule has 0 radical (unpaired) electrons. The number of nitrogens with zero attached hydrogens (tertiary/aromatic N) is 2. The third-order valence-corrected chi connectivity index (χ3v) is 1.99. The van der Waals surface area contributed by atoms with Crippen molar-refractivity contribution < 1.29 is 0 Å². The summed E-state index contributed by atoms with van der Waals surface area (Å²) in [6.07, 6.45) is 0. The number of nitriles is 1. The Balaban J connectivity index is 3.19. The molecule has 14 heavy (non-hydrogen) atoms. The molecule has 1 aromatic rings. The summed E-state index contributed by atoms with van der Waals surface area (Å²) in [5.74, 6) is 0.377. The minimum absolute atomic E-state index is 0.122. The number of halogens is 2. The van der Waals surface area contributed by atoms with Crippen LogP contribution < -0.4 is 5.73 Å². The summed E-state index contributed by atoms with van der Waals surface area (Å²) in [7, 11) is 0. The van der Waals surface area contributed by atoms with Crippen LogP contribution in [0.3, 0.4) is 0 Å². The lowest BCUT2D eigenvalue weighted by molar-refractivity contribution is 1.41. The van der Waals surface area contributed by atoms with Crippen molar-refractivity contribution in [3.05, 3.63) is 28.8 Å². The quantitative estimate of drug-likeness (QED) is 0.480. The van der Waals surface area contributed by atoms with Gasteiger partial charge in [0.15, 0.2) is 0 Å². The summed E-state index contributed by atoms with van der Waals surface area (Å²) in [4.78, 5) is 3.96. The number of alkyl halides is 1. The monoisotopic (exact) mass is 227 g/mol. The minimum atomic E-state index is 0.122. The standard InChI is InChI=1S/C9H7Cl2N3/c10-4-9(13)14-8-3-7(11)2-1-6(8)5-12/h1-3H,4H2,(H2,13,14). The fourth-order valence-corrected chi connectivity index (χ4v) is 1.10. The normalized spacial score (nSPS) is 11.1. The lowest BCUT2D eigenvalue weighted by Gasteiger charge is -1.99. The molecule has 0 aromatic heterocycles. The molecule has 0 saturated carbocycles. The number of amidine groups is 1. The molecular weight excluding hydrogens is 221 g/mol. The second-order valence-corrected chi connectivity index (χ2v) is 3.21. The van der Waals surface area contributed by atoms with E-state index in [1.54, 1.807) is 18.2 Å². The summed E-state index contributed by atoms with van der Waals surface area (Å²) in [5, 5.41) is 9.26. The van der Waals surface area contributed by atoms with E-state index in [0.29, 0.717) is 16.3 Å². The largest absolute Gasteiger partial charge is 0.386 e. The van der Waals surface area contributed by atoms with E-state index in [1.807, 2.05) is 6.07 Å². The van der Waals surface area contributed by atoms with Crippen molar-refractivity contribution in [1.82, 2.24) is 0 Å². The molecule has 1 aromatic carbocycles. The number of aliphatic imine (C=N–C) groups is 1. The van der Waals surface area contributed by atoms with E-state index in [2.05, 4.69) is 4.99 Å². The van der Waals surface area contributed by atoms with Crippen LogP contribution in [0.1, 0.15) is 5.56 Å². The second kappa shape index (κ2) is 4.85. The van der Waals surface area contributed by atoms with Crippen molar-refractivity contribution in [3.8, 4) is 6.07 Å². The van der Waals surface area contributed by atoms with Gasteiger partial charge in [0.1, 0.15) is 11.9 Å². The molecule has 0 fully saturated rings. The fraction of sp³-hybridized carbons (Fsp3) is 0.111. The van der Waals surface area contributed by atoms with E-state index in [9.17, 15) is 0 Å². The number of nitrogens with two attached hydrogens (primary N) is 1. The maximum atomic E-state index is 8.76.